The zero-order valence-electron chi connectivity index (χ0n) is 30.2. The Balaban J connectivity index is 0.966. The monoisotopic (exact) mass is 704 g/mol. The highest BCUT2D eigenvalue weighted by Crippen LogP contribution is 2.36. The molecule has 4 aromatic heterocycles. The van der Waals surface area contributed by atoms with Crippen molar-refractivity contribution < 1.29 is 4.74 Å². The molecule has 6 heterocycles. The van der Waals surface area contributed by atoms with Crippen LogP contribution in [0.5, 0.6) is 5.75 Å². The molecule has 53 heavy (non-hydrogen) atoms. The SMILES string of the molecule is COc1cc(N2CCC(N3CCN(C)CC3)CC2)ccc1Nc1nccc(-c2c(-c3ccc4nc(Cc5ccccc5)[nH]c4c3)nc3ccccn23)n1. The van der Waals surface area contributed by atoms with Gasteiger partial charge in [-0.1, -0.05) is 42.5 Å². The Bertz CT molecular complexity index is 2350. The number of hydrogen-bond donors (Lipinski definition) is 2. The number of nitrogens with zero attached hydrogens (tertiary/aromatic N) is 8. The van der Waals surface area contributed by atoms with Gasteiger partial charge in [-0.15, -0.1) is 0 Å². The van der Waals surface area contributed by atoms with E-state index in [2.05, 4.69) is 102 Å². The van der Waals surface area contributed by atoms with Gasteiger partial charge >= 0.3 is 0 Å². The van der Waals surface area contributed by atoms with Gasteiger partial charge in [0.05, 0.1) is 40.9 Å². The number of piperidine rings is 1. The second-order valence-corrected chi connectivity index (χ2v) is 14.1. The maximum atomic E-state index is 5.90. The lowest BCUT2D eigenvalue weighted by Crippen LogP contribution is -2.52. The van der Waals surface area contributed by atoms with E-state index >= 15 is 0 Å². The number of likely N-dealkylation sites (N-methyl/N-ethyl adjacent to an activating group) is 1. The molecule has 0 spiro atoms. The molecule has 2 fully saturated rings. The number of imidazole rings is 2. The smallest absolute Gasteiger partial charge is 0.227 e. The Hall–Kier alpha value is -5.78. The lowest BCUT2D eigenvalue weighted by atomic mass is 10.0. The molecular formula is C42H44N10O. The summed E-state index contributed by atoms with van der Waals surface area (Å²) in [6, 6.07) is 31.7. The first kappa shape index (κ1) is 33.1. The highest BCUT2D eigenvalue weighted by atomic mass is 16.5. The summed E-state index contributed by atoms with van der Waals surface area (Å²) in [4.78, 5) is 30.7. The van der Waals surface area contributed by atoms with Gasteiger partial charge < -0.3 is 24.8 Å². The molecule has 2 N–H and O–H groups in total. The summed E-state index contributed by atoms with van der Waals surface area (Å²) in [5.41, 5.74) is 9.39. The maximum absolute atomic E-state index is 5.90. The topological polar surface area (TPSA) is 103 Å². The summed E-state index contributed by atoms with van der Waals surface area (Å²) < 4.78 is 7.99. The number of anilines is 3. The van der Waals surface area contributed by atoms with Crippen LogP contribution in [0.2, 0.25) is 0 Å². The number of ether oxygens (including phenoxy) is 1. The number of piperazine rings is 1. The molecule has 0 saturated carbocycles. The Morgan fingerprint density at radius 3 is 2.49 bits per heavy atom. The van der Waals surface area contributed by atoms with E-state index < -0.39 is 0 Å². The van der Waals surface area contributed by atoms with Crippen molar-refractivity contribution in [2.45, 2.75) is 25.3 Å². The largest absolute Gasteiger partial charge is 0.494 e. The Morgan fingerprint density at radius 1 is 0.830 bits per heavy atom. The van der Waals surface area contributed by atoms with Crippen molar-refractivity contribution in [3.8, 4) is 28.4 Å². The summed E-state index contributed by atoms with van der Waals surface area (Å²) in [5, 5.41) is 3.44. The van der Waals surface area contributed by atoms with Crippen LogP contribution in [-0.2, 0) is 6.42 Å². The fraction of sp³-hybridized carbons (Fsp3) is 0.286. The molecular weight excluding hydrogens is 661 g/mol. The number of hydrogen-bond acceptors (Lipinski definition) is 9. The first-order valence-electron chi connectivity index (χ1n) is 18.5. The predicted octanol–water partition coefficient (Wildman–Crippen LogP) is 6.89. The molecule has 11 heteroatoms. The number of nitrogens with one attached hydrogen (secondary N) is 2. The third-order valence-electron chi connectivity index (χ3n) is 10.8. The highest BCUT2D eigenvalue weighted by Gasteiger charge is 2.27. The van der Waals surface area contributed by atoms with Gasteiger partial charge in [-0.3, -0.25) is 9.30 Å². The van der Waals surface area contributed by atoms with Crippen LogP contribution in [0.4, 0.5) is 17.3 Å². The molecule has 0 unspecified atom stereocenters. The highest BCUT2D eigenvalue weighted by molar-refractivity contribution is 5.87. The fourth-order valence-corrected chi connectivity index (χ4v) is 7.85. The van der Waals surface area contributed by atoms with E-state index in [1.165, 1.54) is 37.2 Å². The van der Waals surface area contributed by atoms with Gasteiger partial charge in [0.15, 0.2) is 0 Å². The summed E-state index contributed by atoms with van der Waals surface area (Å²) in [5.74, 6) is 2.17. The van der Waals surface area contributed by atoms with E-state index in [0.717, 1.165) is 89.2 Å². The van der Waals surface area contributed by atoms with Crippen molar-refractivity contribution >= 4 is 34.0 Å². The molecule has 0 amide bonds. The van der Waals surface area contributed by atoms with Crippen LogP contribution in [0.3, 0.4) is 0 Å². The molecule has 3 aromatic carbocycles. The van der Waals surface area contributed by atoms with Gasteiger partial charge in [0, 0.05) is 81.4 Å². The van der Waals surface area contributed by atoms with Gasteiger partial charge in [0.1, 0.15) is 17.2 Å². The number of fused-ring (bicyclic) bond motifs is 2. The van der Waals surface area contributed by atoms with Crippen molar-refractivity contribution in [1.29, 1.82) is 0 Å². The minimum atomic E-state index is 0.480. The average molecular weight is 705 g/mol. The molecule has 0 atom stereocenters. The van der Waals surface area contributed by atoms with E-state index in [1.54, 1.807) is 13.3 Å². The summed E-state index contributed by atoms with van der Waals surface area (Å²) in [6.45, 7) is 6.77. The molecule has 2 saturated heterocycles. The Labute approximate surface area is 309 Å². The lowest BCUT2D eigenvalue weighted by Gasteiger charge is -2.42. The molecule has 0 aliphatic carbocycles. The third-order valence-corrected chi connectivity index (χ3v) is 10.8. The van der Waals surface area contributed by atoms with Crippen LogP contribution >= 0.6 is 0 Å². The number of aromatic nitrogens is 6. The molecule has 2 aliphatic heterocycles. The fourth-order valence-electron chi connectivity index (χ4n) is 7.85. The second-order valence-electron chi connectivity index (χ2n) is 14.1. The normalized spacial score (nSPS) is 16.1. The Morgan fingerprint density at radius 2 is 1.66 bits per heavy atom. The number of rotatable bonds is 9. The molecule has 0 bridgehead atoms. The van der Waals surface area contributed by atoms with Crippen molar-refractivity contribution in [1.82, 2.24) is 39.1 Å². The van der Waals surface area contributed by atoms with Gasteiger partial charge in [0.25, 0.3) is 0 Å². The van der Waals surface area contributed by atoms with Gasteiger partial charge in [-0.25, -0.2) is 19.9 Å². The number of aromatic amines is 1. The molecule has 268 valence electrons. The standard InChI is InChI=1S/C42H44N10O/c1-49-22-24-51(25-23-49)31-16-20-50(21-17-31)32-12-14-34(37(28-32)53-2)46-42-43-18-15-35(47-42)41-40(48-39-10-6-7-19-52(39)41)30-11-13-33-36(27-30)45-38(44-33)26-29-8-4-3-5-9-29/h3-15,18-19,27-28,31H,16-17,20-26H2,1-2H3,(H,44,45)(H,43,46,47). The molecule has 11 nitrogen and oxygen atoms in total. The Kier molecular flexibility index (Phi) is 8.94. The quantitative estimate of drug-likeness (QED) is 0.166. The van der Waals surface area contributed by atoms with Crippen LogP contribution in [0.25, 0.3) is 39.3 Å². The van der Waals surface area contributed by atoms with Crippen LogP contribution in [0.15, 0.2) is 103 Å². The van der Waals surface area contributed by atoms with Crippen molar-refractivity contribution in [3.05, 3.63) is 115 Å². The molecule has 0 radical (unpaired) electrons. The van der Waals surface area contributed by atoms with Gasteiger partial charge in [0.2, 0.25) is 5.95 Å². The number of H-pyrrole nitrogens is 1. The number of methoxy groups -OCH3 is 1. The lowest BCUT2D eigenvalue weighted by molar-refractivity contribution is 0.0982. The van der Waals surface area contributed by atoms with E-state index in [-0.39, 0.29) is 0 Å². The van der Waals surface area contributed by atoms with E-state index in [9.17, 15) is 0 Å². The van der Waals surface area contributed by atoms with Crippen molar-refractivity contribution in [2.24, 2.45) is 0 Å². The maximum Gasteiger partial charge on any atom is 0.227 e. The first-order chi connectivity index (χ1) is 26.1. The summed E-state index contributed by atoms with van der Waals surface area (Å²) in [7, 11) is 3.94. The van der Waals surface area contributed by atoms with Gasteiger partial charge in [-0.05, 0) is 67.9 Å². The molecule has 9 rings (SSSR count). The van der Waals surface area contributed by atoms with Crippen molar-refractivity contribution in [2.75, 3.05) is 63.6 Å². The minimum Gasteiger partial charge on any atom is -0.494 e. The van der Waals surface area contributed by atoms with Crippen molar-refractivity contribution in [3.63, 3.8) is 0 Å². The van der Waals surface area contributed by atoms with Crippen LogP contribution < -0.4 is 15.0 Å². The number of pyridine rings is 1. The summed E-state index contributed by atoms with van der Waals surface area (Å²) >= 11 is 0. The van der Waals surface area contributed by atoms with E-state index in [0.29, 0.717) is 12.0 Å². The van der Waals surface area contributed by atoms with E-state index in [1.807, 2.05) is 36.5 Å². The zero-order valence-corrected chi connectivity index (χ0v) is 30.2. The zero-order chi connectivity index (χ0) is 35.7. The van der Waals surface area contributed by atoms with Gasteiger partial charge in [-0.2, -0.15) is 0 Å². The van der Waals surface area contributed by atoms with Crippen LogP contribution in [0.1, 0.15) is 24.2 Å². The van der Waals surface area contributed by atoms with Crippen LogP contribution in [-0.4, -0.2) is 98.6 Å². The molecule has 7 aromatic rings. The third kappa shape index (κ3) is 6.81. The number of benzene rings is 3. The summed E-state index contributed by atoms with van der Waals surface area (Å²) in [6.07, 6.45) is 6.92. The second kappa shape index (κ2) is 14.3. The first-order valence-corrected chi connectivity index (χ1v) is 18.5. The van der Waals surface area contributed by atoms with Crippen LogP contribution in [0, 0.1) is 0 Å². The minimum absolute atomic E-state index is 0.480. The predicted molar refractivity (Wildman–Crippen MR) is 211 cm³/mol. The van der Waals surface area contributed by atoms with E-state index in [4.69, 9.17) is 19.7 Å². The average Bonchev–Trinajstić information content (AvgIpc) is 3.80. The molecule has 2 aliphatic rings.